The molecule has 0 bridgehead atoms. The van der Waals surface area contributed by atoms with Crippen LogP contribution in [0.4, 0.5) is 11.4 Å². The standard InChI is InChI=1S/C74H49N3/c1-46-38-41-59-57-28-12-18-36-68(57)76(48-39-42-54-52-24-6-5-22-50(52)51-23-7-8-25-53(51)61(54)44-48)73(59)72(46)77(49-40-43-69-62(45-49)58-29-13-17-35-67(58)75(69)47-20-3-2-4-21-47)70-37-19-34-66-71(70)60-30-11-16-33-65(60)74(66)63-31-14-9-26-55(63)56-27-10-15-32-64(56)74/h2-37,39-46H,38H2,1H3. The highest BCUT2D eigenvalue weighted by Crippen LogP contribution is 2.64. The van der Waals surface area contributed by atoms with Gasteiger partial charge in [0.2, 0.25) is 0 Å². The van der Waals surface area contributed by atoms with E-state index in [1.165, 1.54) is 131 Å². The second kappa shape index (κ2) is 15.9. The van der Waals surface area contributed by atoms with Crippen LogP contribution in [0.2, 0.25) is 0 Å². The minimum atomic E-state index is -0.497. The van der Waals surface area contributed by atoms with Gasteiger partial charge in [0.25, 0.3) is 0 Å². The zero-order chi connectivity index (χ0) is 50.5. The van der Waals surface area contributed by atoms with Crippen LogP contribution in [0.5, 0.6) is 0 Å². The lowest BCUT2D eigenvalue weighted by Gasteiger charge is -2.35. The normalized spacial score (nSPS) is 14.8. The van der Waals surface area contributed by atoms with Crippen LogP contribution >= 0.6 is 0 Å². The molecule has 3 nitrogen and oxygen atoms in total. The molecule has 14 aromatic rings. The van der Waals surface area contributed by atoms with Crippen molar-refractivity contribution in [1.29, 1.82) is 0 Å². The first-order chi connectivity index (χ1) is 38.2. The molecule has 12 aromatic carbocycles. The van der Waals surface area contributed by atoms with Crippen molar-refractivity contribution in [3.8, 4) is 33.6 Å². The van der Waals surface area contributed by atoms with Gasteiger partial charge < -0.3 is 14.0 Å². The molecule has 2 aromatic heterocycles. The Morgan fingerprint density at radius 1 is 0.377 bits per heavy atom. The Balaban J connectivity index is 1.02. The van der Waals surface area contributed by atoms with E-state index in [0.717, 1.165) is 23.5 Å². The fourth-order valence-corrected chi connectivity index (χ4v) is 14.7. The summed E-state index contributed by atoms with van der Waals surface area (Å²) in [5.41, 5.74) is 19.5. The predicted octanol–water partition coefficient (Wildman–Crippen LogP) is 17.3. The first-order valence-corrected chi connectivity index (χ1v) is 27.2. The van der Waals surface area contributed by atoms with Gasteiger partial charge in [-0.3, -0.25) is 0 Å². The van der Waals surface area contributed by atoms with Crippen molar-refractivity contribution in [1.82, 2.24) is 9.13 Å². The largest absolute Gasteiger partial charge is 0.311 e. The summed E-state index contributed by atoms with van der Waals surface area (Å²) in [6, 6.07) is 96.0. The van der Waals surface area contributed by atoms with Crippen LogP contribution in [0.1, 0.15) is 35.6 Å². The Morgan fingerprint density at radius 3 is 1.58 bits per heavy atom. The van der Waals surface area contributed by atoms with Crippen molar-refractivity contribution in [2.45, 2.75) is 18.8 Å². The maximum atomic E-state index is 2.70. The number of anilines is 2. The van der Waals surface area contributed by atoms with E-state index in [2.05, 4.69) is 282 Å². The molecule has 3 heteroatoms. The van der Waals surface area contributed by atoms with E-state index in [0.29, 0.717) is 0 Å². The number of para-hydroxylation sites is 3. The summed E-state index contributed by atoms with van der Waals surface area (Å²) in [7, 11) is 0. The molecule has 0 aliphatic heterocycles. The zero-order valence-electron chi connectivity index (χ0n) is 42.5. The monoisotopic (exact) mass is 979 g/mol. The van der Waals surface area contributed by atoms with Crippen molar-refractivity contribution in [3.05, 3.63) is 288 Å². The molecule has 1 spiro atoms. The number of hydrogen-bond donors (Lipinski definition) is 0. The maximum absolute atomic E-state index is 2.70. The van der Waals surface area contributed by atoms with Crippen LogP contribution in [-0.4, -0.2) is 9.13 Å². The number of nitrogens with zero attached hydrogens (tertiary/aromatic N) is 3. The molecule has 0 saturated carbocycles. The van der Waals surface area contributed by atoms with Gasteiger partial charge in [0.1, 0.15) is 0 Å². The van der Waals surface area contributed by atoms with Crippen molar-refractivity contribution in [2.75, 3.05) is 4.90 Å². The SMILES string of the molecule is CC1CC=c2c(n(-c3ccc4c5ccccc5c5ccccc5c4c3)c3ccccc23)=C1N(c1ccc2c(c1)c1ccccc1n2-c1ccccc1)c1cccc2c1-c1ccccc1C21c2ccccc2-c2ccccc21. The smallest absolute Gasteiger partial charge is 0.0739 e. The molecule has 0 radical (unpaired) electrons. The molecule has 77 heavy (non-hydrogen) atoms. The zero-order valence-corrected chi connectivity index (χ0v) is 42.5. The van der Waals surface area contributed by atoms with Gasteiger partial charge in [0.15, 0.2) is 0 Å². The fraction of sp³-hybridized carbons (Fsp3) is 0.0541. The molecular weight excluding hydrogens is 931 g/mol. The molecule has 3 aliphatic carbocycles. The van der Waals surface area contributed by atoms with Gasteiger partial charge in [-0.2, -0.15) is 0 Å². The minimum Gasteiger partial charge on any atom is -0.311 e. The average molecular weight is 980 g/mol. The third-order valence-electron chi connectivity index (χ3n) is 17.7. The summed E-state index contributed by atoms with van der Waals surface area (Å²) in [6.07, 6.45) is 3.42. The van der Waals surface area contributed by atoms with Gasteiger partial charge in [-0.25, -0.2) is 0 Å². The minimum absolute atomic E-state index is 0.131. The van der Waals surface area contributed by atoms with Crippen molar-refractivity contribution in [3.63, 3.8) is 0 Å². The Bertz CT molecular complexity index is 4910. The molecular formula is C74H49N3. The summed E-state index contributed by atoms with van der Waals surface area (Å²) < 4.78 is 5.03. The highest BCUT2D eigenvalue weighted by atomic mass is 15.2. The van der Waals surface area contributed by atoms with Crippen molar-refractivity contribution in [2.24, 2.45) is 5.92 Å². The van der Waals surface area contributed by atoms with E-state index in [-0.39, 0.29) is 5.92 Å². The molecule has 1 atom stereocenters. The molecule has 0 saturated heterocycles. The first kappa shape index (κ1) is 42.6. The lowest BCUT2D eigenvalue weighted by Crippen LogP contribution is -2.41. The Kier molecular flexibility index (Phi) is 8.81. The van der Waals surface area contributed by atoms with E-state index in [9.17, 15) is 0 Å². The summed E-state index contributed by atoms with van der Waals surface area (Å²) in [4.78, 5) is 2.70. The number of rotatable bonds is 5. The maximum Gasteiger partial charge on any atom is 0.0739 e. The molecule has 0 fully saturated rings. The summed E-state index contributed by atoms with van der Waals surface area (Å²) in [6.45, 7) is 2.45. The molecule has 1 unspecified atom stereocenters. The summed E-state index contributed by atoms with van der Waals surface area (Å²) >= 11 is 0. The van der Waals surface area contributed by atoms with Crippen LogP contribution in [-0.2, 0) is 5.41 Å². The van der Waals surface area contributed by atoms with Gasteiger partial charge in [-0.05, 0) is 138 Å². The van der Waals surface area contributed by atoms with E-state index in [4.69, 9.17) is 0 Å². The molecule has 3 aliphatic rings. The lowest BCUT2D eigenvalue weighted by atomic mass is 9.70. The Morgan fingerprint density at radius 2 is 0.896 bits per heavy atom. The predicted molar refractivity (Wildman–Crippen MR) is 322 cm³/mol. The van der Waals surface area contributed by atoms with E-state index >= 15 is 0 Å². The topological polar surface area (TPSA) is 13.1 Å². The highest BCUT2D eigenvalue weighted by molar-refractivity contribution is 6.25. The first-order valence-electron chi connectivity index (χ1n) is 27.2. The van der Waals surface area contributed by atoms with E-state index in [1.54, 1.807) is 0 Å². The second-order valence-corrected chi connectivity index (χ2v) is 21.5. The van der Waals surface area contributed by atoms with Gasteiger partial charge >= 0.3 is 0 Å². The second-order valence-electron chi connectivity index (χ2n) is 21.5. The van der Waals surface area contributed by atoms with Crippen molar-refractivity contribution >= 4 is 88.2 Å². The van der Waals surface area contributed by atoms with Gasteiger partial charge in [0.05, 0.1) is 38.7 Å². The van der Waals surface area contributed by atoms with Crippen molar-refractivity contribution < 1.29 is 0 Å². The van der Waals surface area contributed by atoms with Gasteiger partial charge in [-0.1, -0.05) is 207 Å². The van der Waals surface area contributed by atoms with Crippen LogP contribution < -0.4 is 15.5 Å². The number of hydrogen-bond acceptors (Lipinski definition) is 1. The average Bonchev–Trinajstić information content (AvgIpc) is 4.34. The number of benzene rings is 12. The summed E-state index contributed by atoms with van der Waals surface area (Å²) in [5, 5.41) is 13.9. The number of fused-ring (bicyclic) bond motifs is 22. The van der Waals surface area contributed by atoms with Gasteiger partial charge in [0, 0.05) is 49.9 Å². The van der Waals surface area contributed by atoms with Gasteiger partial charge in [-0.15, -0.1) is 0 Å². The third kappa shape index (κ3) is 5.65. The van der Waals surface area contributed by atoms with Crippen LogP contribution in [0.15, 0.2) is 255 Å². The van der Waals surface area contributed by atoms with E-state index in [1.807, 2.05) is 0 Å². The van der Waals surface area contributed by atoms with Crippen LogP contribution in [0, 0.1) is 5.92 Å². The molecule has 360 valence electrons. The quantitative estimate of drug-likeness (QED) is 0.157. The molecule has 0 N–H and O–H groups in total. The highest BCUT2D eigenvalue weighted by Gasteiger charge is 2.52. The molecule has 0 amide bonds. The number of aromatic nitrogens is 2. The Labute approximate surface area is 445 Å². The van der Waals surface area contributed by atoms with E-state index < -0.39 is 5.41 Å². The third-order valence-corrected chi connectivity index (χ3v) is 17.7. The Hall–Kier alpha value is -9.70. The lowest BCUT2D eigenvalue weighted by molar-refractivity contribution is 0.745. The van der Waals surface area contributed by atoms with Crippen LogP contribution in [0.3, 0.4) is 0 Å². The molecule has 17 rings (SSSR count). The fourth-order valence-electron chi connectivity index (χ4n) is 14.7. The van der Waals surface area contributed by atoms with Crippen LogP contribution in [0.25, 0.3) is 110 Å². The summed E-state index contributed by atoms with van der Waals surface area (Å²) in [5.74, 6) is 0.131. The molecule has 2 heterocycles.